The molecule has 1 saturated carbocycles. The number of anilines is 1. The van der Waals surface area contributed by atoms with Gasteiger partial charge in [-0.3, -0.25) is 4.79 Å². The van der Waals surface area contributed by atoms with E-state index in [-0.39, 0.29) is 11.8 Å². The first-order valence-electron chi connectivity index (χ1n) is 7.94. The smallest absolute Gasteiger partial charge is 0.228 e. The Morgan fingerprint density at radius 3 is 2.72 bits per heavy atom. The first-order valence-corrected chi connectivity index (χ1v) is 7.94. The van der Waals surface area contributed by atoms with Gasteiger partial charge in [-0.2, -0.15) is 0 Å². The number of hydrogen-bond donors (Lipinski definition) is 2. The summed E-state index contributed by atoms with van der Waals surface area (Å²) in [5.41, 5.74) is 1.91. The minimum Gasteiger partial charge on any atom is -0.392 e. The summed E-state index contributed by atoms with van der Waals surface area (Å²) >= 11 is 0. The second-order valence-corrected chi connectivity index (χ2v) is 6.15. The third-order valence-corrected chi connectivity index (χ3v) is 4.28. The van der Waals surface area contributed by atoms with E-state index in [4.69, 9.17) is 0 Å². The largest absolute Gasteiger partial charge is 0.392 e. The molecule has 0 bridgehead atoms. The number of nitrogens with zero attached hydrogens (tertiary/aromatic N) is 2. The number of aliphatic hydroxyl groups excluding tert-OH is 1. The van der Waals surface area contributed by atoms with Crippen molar-refractivity contribution in [2.45, 2.75) is 19.4 Å². The van der Waals surface area contributed by atoms with E-state index in [1.807, 2.05) is 0 Å². The van der Waals surface area contributed by atoms with E-state index >= 15 is 0 Å². The zero-order valence-corrected chi connectivity index (χ0v) is 13.2. The van der Waals surface area contributed by atoms with Crippen LogP contribution in [0.1, 0.15) is 18.4 Å². The molecule has 1 amide bonds. The van der Waals surface area contributed by atoms with Gasteiger partial charge in [-0.05, 0) is 53.8 Å². The van der Waals surface area contributed by atoms with E-state index in [9.17, 15) is 18.7 Å². The normalized spacial score (nSPS) is 14.0. The number of carbonyl (C=O) groups excluding carboxylic acids is 1. The Bertz CT molecular complexity index is 980. The van der Waals surface area contributed by atoms with E-state index in [0.717, 1.165) is 25.0 Å². The summed E-state index contributed by atoms with van der Waals surface area (Å²) in [6.45, 7) is -0.406. The molecule has 5 nitrogen and oxygen atoms in total. The van der Waals surface area contributed by atoms with E-state index in [0.29, 0.717) is 28.2 Å². The number of nitrogens with one attached hydrogen (secondary N) is 1. The number of aliphatic hydroxyl groups is 1. The lowest BCUT2D eigenvalue weighted by Gasteiger charge is -2.09. The molecule has 128 valence electrons. The maximum absolute atomic E-state index is 13.6. The summed E-state index contributed by atoms with van der Waals surface area (Å²) in [5.74, 6) is -1.49. The molecule has 1 aromatic carbocycles. The fourth-order valence-corrected chi connectivity index (χ4v) is 2.77. The Hall–Kier alpha value is -2.80. The molecule has 3 aromatic rings. The first-order chi connectivity index (χ1) is 12.0. The molecule has 0 saturated heterocycles. The van der Waals surface area contributed by atoms with Crippen molar-refractivity contribution in [3.8, 4) is 11.1 Å². The summed E-state index contributed by atoms with van der Waals surface area (Å²) in [7, 11) is 0. The van der Waals surface area contributed by atoms with Crippen LogP contribution in [-0.2, 0) is 11.4 Å². The highest BCUT2D eigenvalue weighted by Gasteiger charge is 2.30. The minimum atomic E-state index is -0.999. The minimum absolute atomic E-state index is 0.0354. The number of amides is 1. The predicted octanol–water partition coefficient (Wildman–Crippen LogP) is 3.12. The fourth-order valence-electron chi connectivity index (χ4n) is 2.77. The van der Waals surface area contributed by atoms with Crippen LogP contribution in [0.5, 0.6) is 0 Å². The maximum atomic E-state index is 13.6. The SMILES string of the molecule is O=C(Nc1cn2cc(-c3cc(F)c(F)cc3CO)ccc2n1)C1CC1. The number of aromatic nitrogens is 2. The number of fused-ring (bicyclic) bond motifs is 1. The number of hydrogen-bond acceptors (Lipinski definition) is 3. The summed E-state index contributed by atoms with van der Waals surface area (Å²) in [5, 5.41) is 12.2. The molecule has 7 heteroatoms. The van der Waals surface area contributed by atoms with E-state index < -0.39 is 18.2 Å². The van der Waals surface area contributed by atoms with E-state index in [2.05, 4.69) is 10.3 Å². The Labute approximate surface area is 141 Å². The Balaban J connectivity index is 1.71. The Kier molecular flexibility index (Phi) is 3.73. The van der Waals surface area contributed by atoms with Gasteiger partial charge in [0.05, 0.1) is 12.8 Å². The van der Waals surface area contributed by atoms with Crippen LogP contribution in [0.25, 0.3) is 16.8 Å². The lowest BCUT2D eigenvalue weighted by Crippen LogP contribution is -2.13. The molecule has 1 aliphatic rings. The second kappa shape index (κ2) is 5.93. The molecule has 25 heavy (non-hydrogen) atoms. The van der Waals surface area contributed by atoms with Crippen LogP contribution in [-0.4, -0.2) is 20.4 Å². The Morgan fingerprint density at radius 2 is 2.00 bits per heavy atom. The van der Waals surface area contributed by atoms with E-state index in [1.165, 1.54) is 0 Å². The van der Waals surface area contributed by atoms with Crippen LogP contribution in [0.2, 0.25) is 0 Å². The molecular weight excluding hydrogens is 328 g/mol. The first kappa shape index (κ1) is 15.7. The summed E-state index contributed by atoms with van der Waals surface area (Å²) in [6.07, 6.45) is 5.17. The lowest BCUT2D eigenvalue weighted by molar-refractivity contribution is -0.117. The van der Waals surface area contributed by atoms with Gasteiger partial charge >= 0.3 is 0 Å². The summed E-state index contributed by atoms with van der Waals surface area (Å²) < 4.78 is 28.7. The average molecular weight is 343 g/mol. The van der Waals surface area contributed by atoms with Gasteiger partial charge in [0.1, 0.15) is 5.65 Å². The number of carbonyl (C=O) groups is 1. The molecular formula is C18H15F2N3O2. The number of rotatable bonds is 4. The van der Waals surface area contributed by atoms with Gasteiger partial charge in [0.25, 0.3) is 0 Å². The van der Waals surface area contributed by atoms with Gasteiger partial charge in [0.15, 0.2) is 17.5 Å². The van der Waals surface area contributed by atoms with Crippen LogP contribution >= 0.6 is 0 Å². The van der Waals surface area contributed by atoms with Crippen molar-refractivity contribution in [2.24, 2.45) is 5.92 Å². The van der Waals surface area contributed by atoms with Crippen molar-refractivity contribution in [3.63, 3.8) is 0 Å². The molecule has 0 spiro atoms. The predicted molar refractivity (Wildman–Crippen MR) is 87.8 cm³/mol. The topological polar surface area (TPSA) is 66.6 Å². The molecule has 4 rings (SSSR count). The number of imidazole rings is 1. The van der Waals surface area contributed by atoms with Crippen molar-refractivity contribution >= 4 is 17.4 Å². The standard InChI is InChI=1S/C18H15F2N3O2/c19-14-5-12(9-24)13(6-15(14)20)11-3-4-17-21-16(8-23(17)7-11)22-18(25)10-1-2-10/h3-8,10,24H,1-2,9H2,(H,22,25). The molecule has 0 radical (unpaired) electrons. The van der Waals surface area contributed by atoms with E-state index in [1.54, 1.807) is 28.9 Å². The van der Waals surface area contributed by atoms with Crippen molar-refractivity contribution < 1.29 is 18.7 Å². The van der Waals surface area contributed by atoms with Crippen molar-refractivity contribution in [1.29, 1.82) is 0 Å². The Morgan fingerprint density at radius 1 is 1.24 bits per heavy atom. The molecule has 0 unspecified atom stereocenters. The fraction of sp³-hybridized carbons (Fsp3) is 0.222. The number of pyridine rings is 1. The zero-order valence-electron chi connectivity index (χ0n) is 13.2. The molecule has 1 fully saturated rings. The van der Waals surface area contributed by atoms with Gasteiger partial charge in [-0.25, -0.2) is 13.8 Å². The average Bonchev–Trinajstić information content (AvgIpc) is 3.37. The highest BCUT2D eigenvalue weighted by molar-refractivity contribution is 5.93. The van der Waals surface area contributed by atoms with Crippen molar-refractivity contribution in [1.82, 2.24) is 9.38 Å². The van der Waals surface area contributed by atoms with Crippen molar-refractivity contribution in [3.05, 3.63) is 53.9 Å². The molecule has 2 heterocycles. The van der Waals surface area contributed by atoms with Crippen molar-refractivity contribution in [2.75, 3.05) is 5.32 Å². The monoisotopic (exact) mass is 343 g/mol. The van der Waals surface area contributed by atoms with Crippen LogP contribution in [0.15, 0.2) is 36.7 Å². The van der Waals surface area contributed by atoms with Gasteiger partial charge < -0.3 is 14.8 Å². The third kappa shape index (κ3) is 2.98. The lowest BCUT2D eigenvalue weighted by atomic mass is 10.0. The van der Waals surface area contributed by atoms with Crippen LogP contribution in [0.4, 0.5) is 14.6 Å². The molecule has 0 atom stereocenters. The van der Waals surface area contributed by atoms with Gasteiger partial charge in [0, 0.05) is 12.1 Å². The third-order valence-electron chi connectivity index (χ3n) is 4.28. The van der Waals surface area contributed by atoms with Gasteiger partial charge in [-0.1, -0.05) is 0 Å². The molecule has 2 N–H and O–H groups in total. The molecule has 2 aromatic heterocycles. The highest BCUT2D eigenvalue weighted by Crippen LogP contribution is 2.30. The van der Waals surface area contributed by atoms with Crippen LogP contribution in [0, 0.1) is 17.6 Å². The zero-order chi connectivity index (χ0) is 17.6. The summed E-state index contributed by atoms with van der Waals surface area (Å²) in [6, 6.07) is 5.48. The second-order valence-electron chi connectivity index (χ2n) is 6.15. The van der Waals surface area contributed by atoms with Gasteiger partial charge in [-0.15, -0.1) is 0 Å². The summed E-state index contributed by atoms with van der Waals surface area (Å²) in [4.78, 5) is 16.1. The highest BCUT2D eigenvalue weighted by atomic mass is 19.2. The van der Waals surface area contributed by atoms with Crippen LogP contribution in [0.3, 0.4) is 0 Å². The van der Waals surface area contributed by atoms with Crippen LogP contribution < -0.4 is 5.32 Å². The molecule has 1 aliphatic carbocycles. The number of benzene rings is 1. The quantitative estimate of drug-likeness (QED) is 0.765. The maximum Gasteiger partial charge on any atom is 0.228 e. The van der Waals surface area contributed by atoms with Gasteiger partial charge in [0.2, 0.25) is 5.91 Å². The molecule has 0 aliphatic heterocycles. The number of halogens is 2.